The first-order chi connectivity index (χ1) is 9.99. The van der Waals surface area contributed by atoms with Gasteiger partial charge in [-0.25, -0.2) is 4.39 Å². The maximum atomic E-state index is 13.5. The Bertz CT molecular complexity index is 502. The molecule has 1 saturated heterocycles. The largest absolute Gasteiger partial charge is 0.393 e. The smallest absolute Gasteiger partial charge is 0.254 e. The molecule has 2 rings (SSSR count). The molecule has 4 heteroatoms. The summed E-state index contributed by atoms with van der Waals surface area (Å²) in [7, 11) is 0. The van der Waals surface area contributed by atoms with E-state index >= 15 is 0 Å². The Hall–Kier alpha value is -1.42. The van der Waals surface area contributed by atoms with Crippen LogP contribution in [0.4, 0.5) is 4.39 Å². The molecule has 1 amide bonds. The Morgan fingerprint density at radius 2 is 2.19 bits per heavy atom. The van der Waals surface area contributed by atoms with Crippen molar-refractivity contribution in [2.24, 2.45) is 0 Å². The summed E-state index contributed by atoms with van der Waals surface area (Å²) in [5, 5.41) is 9.67. The van der Waals surface area contributed by atoms with E-state index in [0.29, 0.717) is 18.5 Å². The van der Waals surface area contributed by atoms with Gasteiger partial charge in [0.1, 0.15) is 5.82 Å². The van der Waals surface area contributed by atoms with Gasteiger partial charge in [-0.3, -0.25) is 4.79 Å². The predicted octanol–water partition coefficient (Wildman–Crippen LogP) is 3.29. The average molecular weight is 293 g/mol. The second-order valence-electron chi connectivity index (χ2n) is 6.05. The molecule has 1 aliphatic rings. The van der Waals surface area contributed by atoms with E-state index in [4.69, 9.17) is 0 Å². The number of aliphatic hydroxyl groups is 1. The van der Waals surface area contributed by atoms with Gasteiger partial charge in [0.05, 0.1) is 6.10 Å². The topological polar surface area (TPSA) is 40.5 Å². The Balaban J connectivity index is 2.26. The molecular formula is C17H24FNO2. The van der Waals surface area contributed by atoms with Gasteiger partial charge < -0.3 is 10.0 Å². The first-order valence-electron chi connectivity index (χ1n) is 7.74. The number of aryl methyl sites for hydroxylation is 1. The predicted molar refractivity (Wildman–Crippen MR) is 80.7 cm³/mol. The number of halogens is 1. The standard InChI is InChI=1S/C17H24FNO2/c1-12-7-8-14(18)11-16(12)17(21)19-9-5-3-4-6-15(19)10-13(2)20/h7-8,11,13,15,20H,3-6,9-10H2,1-2H3. The van der Waals surface area contributed by atoms with Gasteiger partial charge in [0.15, 0.2) is 0 Å². The third kappa shape index (κ3) is 4.03. The molecule has 1 heterocycles. The number of likely N-dealkylation sites (tertiary alicyclic amines) is 1. The molecular weight excluding hydrogens is 269 g/mol. The van der Waals surface area contributed by atoms with E-state index in [2.05, 4.69) is 0 Å². The molecule has 0 saturated carbocycles. The summed E-state index contributed by atoms with van der Waals surface area (Å²) < 4.78 is 13.5. The maximum absolute atomic E-state index is 13.5. The minimum absolute atomic E-state index is 0.0441. The SMILES string of the molecule is Cc1ccc(F)cc1C(=O)N1CCCCCC1CC(C)O. The number of hydrogen-bond acceptors (Lipinski definition) is 2. The molecule has 1 aromatic rings. The van der Waals surface area contributed by atoms with Crippen LogP contribution in [0, 0.1) is 12.7 Å². The van der Waals surface area contributed by atoms with Crippen LogP contribution >= 0.6 is 0 Å². The van der Waals surface area contributed by atoms with Gasteiger partial charge in [0.25, 0.3) is 5.91 Å². The lowest BCUT2D eigenvalue weighted by molar-refractivity contribution is 0.0606. The molecule has 3 nitrogen and oxygen atoms in total. The Morgan fingerprint density at radius 1 is 1.43 bits per heavy atom. The van der Waals surface area contributed by atoms with Crippen molar-refractivity contribution >= 4 is 5.91 Å². The minimum Gasteiger partial charge on any atom is -0.393 e. The number of hydrogen-bond donors (Lipinski definition) is 1. The summed E-state index contributed by atoms with van der Waals surface area (Å²) in [6.45, 7) is 4.27. The fraction of sp³-hybridized carbons (Fsp3) is 0.588. The van der Waals surface area contributed by atoms with Crippen LogP contribution in [0.25, 0.3) is 0 Å². The molecule has 2 atom stereocenters. The van der Waals surface area contributed by atoms with Crippen LogP contribution in [0.15, 0.2) is 18.2 Å². The lowest BCUT2D eigenvalue weighted by Gasteiger charge is -2.31. The first kappa shape index (κ1) is 16.0. The molecule has 0 spiro atoms. The Morgan fingerprint density at radius 3 is 2.90 bits per heavy atom. The van der Waals surface area contributed by atoms with Crippen molar-refractivity contribution < 1.29 is 14.3 Å². The first-order valence-corrected chi connectivity index (χ1v) is 7.74. The summed E-state index contributed by atoms with van der Waals surface area (Å²) >= 11 is 0. The van der Waals surface area contributed by atoms with Crippen LogP contribution in [-0.2, 0) is 0 Å². The second-order valence-corrected chi connectivity index (χ2v) is 6.05. The zero-order valence-corrected chi connectivity index (χ0v) is 12.8. The lowest BCUT2D eigenvalue weighted by Crippen LogP contribution is -2.41. The van der Waals surface area contributed by atoms with Crippen LogP contribution in [0.1, 0.15) is 54.9 Å². The van der Waals surface area contributed by atoms with Gasteiger partial charge >= 0.3 is 0 Å². The van der Waals surface area contributed by atoms with E-state index < -0.39 is 6.10 Å². The zero-order chi connectivity index (χ0) is 15.4. The molecule has 0 bridgehead atoms. The van der Waals surface area contributed by atoms with Gasteiger partial charge in [0.2, 0.25) is 0 Å². The Labute approximate surface area is 125 Å². The number of rotatable bonds is 3. The maximum Gasteiger partial charge on any atom is 0.254 e. The average Bonchev–Trinajstić information content (AvgIpc) is 2.65. The van der Waals surface area contributed by atoms with Crippen LogP contribution in [0.2, 0.25) is 0 Å². The van der Waals surface area contributed by atoms with Gasteiger partial charge in [0, 0.05) is 18.2 Å². The normalized spacial score (nSPS) is 21.0. The third-order valence-corrected chi connectivity index (χ3v) is 4.18. The van der Waals surface area contributed by atoms with Crippen molar-refractivity contribution in [3.05, 3.63) is 35.1 Å². The van der Waals surface area contributed by atoms with Crippen LogP contribution in [-0.4, -0.2) is 34.6 Å². The van der Waals surface area contributed by atoms with E-state index in [1.165, 1.54) is 12.1 Å². The molecule has 0 aromatic heterocycles. The summed E-state index contributed by atoms with van der Waals surface area (Å²) in [6.07, 6.45) is 4.20. The molecule has 1 aromatic carbocycles. The van der Waals surface area contributed by atoms with Gasteiger partial charge in [-0.1, -0.05) is 18.9 Å². The summed E-state index contributed by atoms with van der Waals surface area (Å²) in [5.74, 6) is -0.495. The number of benzene rings is 1. The highest BCUT2D eigenvalue weighted by Gasteiger charge is 2.28. The van der Waals surface area contributed by atoms with Gasteiger partial charge in [-0.05, 0) is 50.8 Å². The molecule has 116 valence electrons. The Kier molecular flexibility index (Phi) is 5.34. The number of nitrogens with zero attached hydrogens (tertiary/aromatic N) is 1. The van der Waals surface area contributed by atoms with Crippen LogP contribution in [0.3, 0.4) is 0 Å². The number of carbonyl (C=O) groups is 1. The highest BCUT2D eigenvalue weighted by atomic mass is 19.1. The number of carbonyl (C=O) groups excluding carboxylic acids is 1. The number of amides is 1. The lowest BCUT2D eigenvalue weighted by atomic mass is 10.0. The fourth-order valence-electron chi connectivity index (χ4n) is 3.06. The van der Waals surface area contributed by atoms with Crippen LogP contribution in [0.5, 0.6) is 0 Å². The summed E-state index contributed by atoms with van der Waals surface area (Å²) in [4.78, 5) is 14.6. The van der Waals surface area contributed by atoms with Crippen molar-refractivity contribution in [1.29, 1.82) is 0 Å². The van der Waals surface area contributed by atoms with Gasteiger partial charge in [-0.2, -0.15) is 0 Å². The molecule has 2 unspecified atom stereocenters. The van der Waals surface area contributed by atoms with Crippen molar-refractivity contribution in [2.45, 2.75) is 58.1 Å². The molecule has 0 radical (unpaired) electrons. The van der Waals surface area contributed by atoms with Crippen molar-refractivity contribution in [1.82, 2.24) is 4.90 Å². The number of aliphatic hydroxyl groups excluding tert-OH is 1. The highest BCUT2D eigenvalue weighted by Crippen LogP contribution is 2.24. The van der Waals surface area contributed by atoms with Crippen LogP contribution < -0.4 is 0 Å². The van der Waals surface area contributed by atoms with Crippen molar-refractivity contribution in [3.8, 4) is 0 Å². The molecule has 1 aliphatic heterocycles. The van der Waals surface area contributed by atoms with Crippen molar-refractivity contribution in [3.63, 3.8) is 0 Å². The molecule has 0 aliphatic carbocycles. The zero-order valence-electron chi connectivity index (χ0n) is 12.8. The van der Waals surface area contributed by atoms with E-state index in [0.717, 1.165) is 31.2 Å². The molecule has 1 fully saturated rings. The van der Waals surface area contributed by atoms with E-state index in [9.17, 15) is 14.3 Å². The third-order valence-electron chi connectivity index (χ3n) is 4.18. The minimum atomic E-state index is -0.433. The van der Waals surface area contributed by atoms with E-state index in [1.807, 2.05) is 11.8 Å². The van der Waals surface area contributed by atoms with E-state index in [-0.39, 0.29) is 17.8 Å². The van der Waals surface area contributed by atoms with Gasteiger partial charge in [-0.15, -0.1) is 0 Å². The second kappa shape index (κ2) is 7.03. The summed E-state index contributed by atoms with van der Waals surface area (Å²) in [5.41, 5.74) is 1.23. The molecule has 1 N–H and O–H groups in total. The quantitative estimate of drug-likeness (QED) is 0.929. The monoisotopic (exact) mass is 293 g/mol. The summed E-state index contributed by atoms with van der Waals surface area (Å²) in [6, 6.07) is 4.39. The van der Waals surface area contributed by atoms with Crippen molar-refractivity contribution in [2.75, 3.05) is 6.54 Å². The highest BCUT2D eigenvalue weighted by molar-refractivity contribution is 5.95. The molecule has 21 heavy (non-hydrogen) atoms. The fourth-order valence-corrected chi connectivity index (χ4v) is 3.06. The van der Waals surface area contributed by atoms with E-state index in [1.54, 1.807) is 13.0 Å².